The fraction of sp³-hybridized carbons (Fsp3) is 0.276. The number of rotatable bonds is 10. The molecule has 204 valence electrons. The average Bonchev–Trinajstić information content (AvgIpc) is 3.39. The van der Waals surface area contributed by atoms with E-state index in [-0.39, 0.29) is 30.4 Å². The molecular weight excluding hydrogens is 582 g/mol. The summed E-state index contributed by atoms with van der Waals surface area (Å²) in [5.41, 5.74) is 3.44. The third-order valence-electron chi connectivity index (χ3n) is 5.96. The van der Waals surface area contributed by atoms with Gasteiger partial charge in [0.05, 0.1) is 17.2 Å². The lowest BCUT2D eigenvalue weighted by Crippen LogP contribution is -2.28. The number of hydrogen-bond acceptors (Lipinski definition) is 7. The summed E-state index contributed by atoms with van der Waals surface area (Å²) in [6.07, 6.45) is 4.40. The molecule has 4 rings (SSSR count). The van der Waals surface area contributed by atoms with Crippen LogP contribution in [0.3, 0.4) is 0 Å². The van der Waals surface area contributed by atoms with E-state index in [2.05, 4.69) is 26.2 Å². The Morgan fingerprint density at radius 3 is 2.69 bits per heavy atom. The number of fused-ring (bicyclic) bond motifs is 1. The quantitative estimate of drug-likeness (QED) is 0.213. The summed E-state index contributed by atoms with van der Waals surface area (Å²) < 4.78 is 13.0. The Balaban J connectivity index is 1.71. The highest BCUT2D eigenvalue weighted by atomic mass is 79.9. The van der Waals surface area contributed by atoms with Crippen molar-refractivity contribution >= 4 is 67.3 Å². The zero-order valence-corrected chi connectivity index (χ0v) is 24.4. The number of hydrogen-bond donors (Lipinski definition) is 2. The smallest absolute Gasteiger partial charge is 0.344 e. The molecule has 2 N–H and O–H groups in total. The summed E-state index contributed by atoms with van der Waals surface area (Å²) in [7, 11) is 1.63. The van der Waals surface area contributed by atoms with Crippen LogP contribution in [-0.2, 0) is 25.6 Å². The minimum absolute atomic E-state index is 0.0361. The highest BCUT2D eigenvalue weighted by Crippen LogP contribution is 2.41. The number of aliphatic hydroxyl groups excluding tert-OH is 1. The van der Waals surface area contributed by atoms with Gasteiger partial charge in [0.1, 0.15) is 22.9 Å². The predicted octanol–water partition coefficient (Wildman–Crippen LogP) is 6.06. The third-order valence-corrected chi connectivity index (χ3v) is 7.47. The van der Waals surface area contributed by atoms with Crippen LogP contribution in [0.5, 0.6) is 0 Å². The van der Waals surface area contributed by atoms with E-state index in [1.54, 1.807) is 20.1 Å². The van der Waals surface area contributed by atoms with Crippen LogP contribution in [0.25, 0.3) is 17.0 Å². The Morgan fingerprint density at radius 1 is 1.21 bits per heavy atom. The summed E-state index contributed by atoms with van der Waals surface area (Å²) in [5.74, 6) is -0.927. The van der Waals surface area contributed by atoms with Gasteiger partial charge in [-0.05, 0) is 56.7 Å². The van der Waals surface area contributed by atoms with Gasteiger partial charge in [0.2, 0.25) is 5.91 Å². The largest absolute Gasteiger partial charge is 0.506 e. The lowest BCUT2D eigenvalue weighted by atomic mass is 10.1. The number of amides is 1. The molecule has 2 aromatic carbocycles. The van der Waals surface area contributed by atoms with Crippen molar-refractivity contribution in [2.45, 2.75) is 26.8 Å². The van der Waals surface area contributed by atoms with Crippen LogP contribution < -0.4 is 5.32 Å². The Hall–Kier alpha value is -3.34. The van der Waals surface area contributed by atoms with Gasteiger partial charge in [-0.2, -0.15) is 0 Å². The van der Waals surface area contributed by atoms with Gasteiger partial charge in [-0.25, -0.2) is 9.79 Å². The molecular formula is C29H30BrN3O5S. The van der Waals surface area contributed by atoms with Gasteiger partial charge in [0, 0.05) is 47.4 Å². The molecule has 0 bridgehead atoms. The second kappa shape index (κ2) is 13.1. The molecule has 1 aliphatic heterocycles. The molecule has 0 saturated carbocycles. The zero-order chi connectivity index (χ0) is 27.9. The van der Waals surface area contributed by atoms with Crippen molar-refractivity contribution in [3.63, 3.8) is 0 Å². The Kier molecular flexibility index (Phi) is 9.66. The SMILES string of the molecule is CCOC(=O)C1=C(O)/C(=C/c2cn(CC(=O)NCCCOC)c3ccc(Br)cc23)SC1=Nc1ccc(C)cc1. The first-order chi connectivity index (χ1) is 18.8. The lowest BCUT2D eigenvalue weighted by Gasteiger charge is -2.07. The number of aryl methyl sites for hydroxylation is 1. The van der Waals surface area contributed by atoms with E-state index in [0.29, 0.717) is 28.8 Å². The van der Waals surface area contributed by atoms with Gasteiger partial charge in [0.15, 0.2) is 0 Å². The summed E-state index contributed by atoms with van der Waals surface area (Å²) >= 11 is 4.73. The number of esters is 1. The van der Waals surface area contributed by atoms with Gasteiger partial charge in [0.25, 0.3) is 0 Å². The van der Waals surface area contributed by atoms with E-state index in [4.69, 9.17) is 9.47 Å². The zero-order valence-electron chi connectivity index (χ0n) is 22.0. The van der Waals surface area contributed by atoms with Gasteiger partial charge in [-0.15, -0.1) is 0 Å². The van der Waals surface area contributed by atoms with E-state index < -0.39 is 5.97 Å². The van der Waals surface area contributed by atoms with Crippen LogP contribution >= 0.6 is 27.7 Å². The monoisotopic (exact) mass is 611 g/mol. The van der Waals surface area contributed by atoms with E-state index in [9.17, 15) is 14.7 Å². The number of halogens is 1. The summed E-state index contributed by atoms with van der Waals surface area (Å²) in [5, 5.41) is 15.3. The lowest BCUT2D eigenvalue weighted by molar-refractivity contribution is -0.138. The fourth-order valence-electron chi connectivity index (χ4n) is 4.07. The Morgan fingerprint density at radius 2 is 1.97 bits per heavy atom. The maximum atomic E-state index is 12.8. The van der Waals surface area contributed by atoms with Crippen LogP contribution in [0.2, 0.25) is 0 Å². The van der Waals surface area contributed by atoms with Crippen molar-refractivity contribution in [1.29, 1.82) is 0 Å². The van der Waals surface area contributed by atoms with Crippen molar-refractivity contribution < 1.29 is 24.2 Å². The third kappa shape index (κ3) is 7.00. The molecule has 0 spiro atoms. The van der Waals surface area contributed by atoms with E-state index in [1.165, 1.54) is 11.8 Å². The van der Waals surface area contributed by atoms with Crippen molar-refractivity contribution in [3.8, 4) is 0 Å². The highest BCUT2D eigenvalue weighted by molar-refractivity contribution is 9.10. The van der Waals surface area contributed by atoms with E-state index in [1.807, 2.05) is 60.2 Å². The Labute approximate surface area is 239 Å². The van der Waals surface area contributed by atoms with Gasteiger partial charge in [-0.3, -0.25) is 4.79 Å². The molecule has 39 heavy (non-hydrogen) atoms. The normalized spacial score (nSPS) is 15.5. The number of aliphatic hydroxyl groups is 1. The number of nitrogens with zero attached hydrogens (tertiary/aromatic N) is 2. The number of methoxy groups -OCH3 is 1. The molecule has 3 aromatic rings. The minimum Gasteiger partial charge on any atom is -0.506 e. The van der Waals surface area contributed by atoms with Gasteiger partial charge < -0.3 is 24.5 Å². The maximum absolute atomic E-state index is 12.8. The van der Waals surface area contributed by atoms with Crippen LogP contribution in [-0.4, -0.2) is 53.5 Å². The van der Waals surface area contributed by atoms with Crippen molar-refractivity contribution in [1.82, 2.24) is 9.88 Å². The molecule has 10 heteroatoms. The summed E-state index contributed by atoms with van der Waals surface area (Å²) in [4.78, 5) is 30.5. The Bertz CT molecular complexity index is 1470. The summed E-state index contributed by atoms with van der Waals surface area (Å²) in [6.45, 7) is 5.12. The average molecular weight is 613 g/mol. The molecule has 0 fully saturated rings. The molecule has 1 amide bonds. The topological polar surface area (TPSA) is 102 Å². The van der Waals surface area contributed by atoms with Gasteiger partial charge in [-0.1, -0.05) is 45.4 Å². The molecule has 2 heterocycles. The summed E-state index contributed by atoms with van der Waals surface area (Å²) in [6, 6.07) is 13.4. The second-order valence-corrected chi connectivity index (χ2v) is 10.8. The second-order valence-electron chi connectivity index (χ2n) is 8.88. The van der Waals surface area contributed by atoms with Crippen LogP contribution in [0, 0.1) is 6.92 Å². The molecule has 1 aliphatic rings. The molecule has 0 unspecified atom stereocenters. The van der Waals surface area contributed by atoms with E-state index in [0.717, 1.165) is 32.9 Å². The standard InChI is InChI=1S/C29H30BrN3O5S/c1-4-38-29(36)26-27(35)24(39-28(26)32-21-9-6-18(2)7-10-21)14-19-16-33(17-25(34)31-12-5-13-37-3)23-11-8-20(30)15-22(19)23/h6-11,14-16,35H,4-5,12-13,17H2,1-3H3,(H,31,34)/b24-14-,32-28?. The number of benzene rings is 2. The number of aliphatic imine (C=N–C) groups is 1. The molecule has 8 nitrogen and oxygen atoms in total. The van der Waals surface area contributed by atoms with E-state index >= 15 is 0 Å². The first kappa shape index (κ1) is 28.7. The van der Waals surface area contributed by atoms with Crippen LogP contribution in [0.1, 0.15) is 24.5 Å². The molecule has 0 radical (unpaired) electrons. The number of thioether (sulfide) groups is 1. The van der Waals surface area contributed by atoms with Gasteiger partial charge >= 0.3 is 5.97 Å². The molecule has 0 saturated heterocycles. The predicted molar refractivity (Wildman–Crippen MR) is 159 cm³/mol. The fourth-order valence-corrected chi connectivity index (χ4v) is 5.45. The van der Waals surface area contributed by atoms with Crippen molar-refractivity contribution in [2.24, 2.45) is 4.99 Å². The number of carbonyl (C=O) groups is 2. The number of nitrogens with one attached hydrogen (secondary N) is 1. The van der Waals surface area contributed by atoms with Crippen LogP contribution in [0.15, 0.2) is 74.4 Å². The maximum Gasteiger partial charge on any atom is 0.344 e. The van der Waals surface area contributed by atoms with Crippen molar-refractivity contribution in [3.05, 3.63) is 80.5 Å². The number of aromatic nitrogens is 1. The molecule has 0 atom stereocenters. The number of carbonyl (C=O) groups excluding carboxylic acids is 2. The molecule has 0 aliphatic carbocycles. The first-order valence-corrected chi connectivity index (χ1v) is 14.1. The first-order valence-electron chi connectivity index (χ1n) is 12.5. The number of ether oxygens (including phenoxy) is 2. The van der Waals surface area contributed by atoms with Crippen molar-refractivity contribution in [2.75, 3.05) is 26.9 Å². The molecule has 1 aromatic heterocycles. The minimum atomic E-state index is -0.632. The van der Waals surface area contributed by atoms with Crippen LogP contribution in [0.4, 0.5) is 5.69 Å². The highest BCUT2D eigenvalue weighted by Gasteiger charge is 2.33.